The monoisotopic (exact) mass is 612 g/mol. The molecule has 2 aromatic rings. The van der Waals surface area contributed by atoms with Crippen molar-refractivity contribution in [1.82, 2.24) is 9.80 Å². The molecule has 0 aromatic heterocycles. The third-order valence-electron chi connectivity index (χ3n) is 8.20. The molecule has 2 N–H and O–H groups in total. The maximum Gasteiger partial charge on any atom is 0.286 e. The fourth-order valence-corrected chi connectivity index (χ4v) is 5.93. The predicted octanol–water partition coefficient (Wildman–Crippen LogP) is 2.65. The lowest BCUT2D eigenvalue weighted by Crippen LogP contribution is -2.37. The number of nitro groups is 1. The normalized spacial score (nSPS) is 20.7. The van der Waals surface area contributed by atoms with Crippen molar-refractivity contribution in [1.29, 1.82) is 0 Å². The maximum atomic E-state index is 13.1. The number of aldehydes is 1. The van der Waals surface area contributed by atoms with Crippen LogP contribution in [-0.2, 0) is 4.79 Å². The van der Waals surface area contributed by atoms with Gasteiger partial charge in [0.05, 0.1) is 67.9 Å². The highest BCUT2D eigenvalue weighted by Gasteiger charge is 2.38. The minimum absolute atomic E-state index is 0.0862. The Hall–Kier alpha value is -4.59. The Balaban J connectivity index is 1.19. The predicted molar refractivity (Wildman–Crippen MR) is 157 cm³/mol. The molecule has 14 nitrogen and oxygen atoms in total. The Morgan fingerprint density at radius 3 is 2.43 bits per heavy atom. The second-order valence-corrected chi connectivity index (χ2v) is 11.0. The first-order valence-electron chi connectivity index (χ1n) is 14.6. The van der Waals surface area contributed by atoms with Gasteiger partial charge in [-0.3, -0.25) is 19.7 Å². The summed E-state index contributed by atoms with van der Waals surface area (Å²) < 4.78 is 22.6. The Morgan fingerprint density at radius 1 is 1.09 bits per heavy atom. The van der Waals surface area contributed by atoms with Crippen LogP contribution in [0.5, 0.6) is 23.0 Å². The molecular weight excluding hydrogens is 576 g/mol. The molecular formula is C30H36N4O10. The van der Waals surface area contributed by atoms with Crippen molar-refractivity contribution in [3.8, 4) is 23.0 Å². The number of nitro benzene ring substituents is 1. The van der Waals surface area contributed by atoms with E-state index in [-0.39, 0.29) is 35.6 Å². The van der Waals surface area contributed by atoms with Crippen molar-refractivity contribution in [2.24, 2.45) is 0 Å². The topological polar surface area (TPSA) is 170 Å². The maximum absolute atomic E-state index is 13.1. The van der Waals surface area contributed by atoms with Crippen LogP contribution in [-0.4, -0.2) is 103 Å². The Morgan fingerprint density at radius 2 is 1.77 bits per heavy atom. The highest BCUT2D eigenvalue weighted by Crippen LogP contribution is 2.38. The van der Waals surface area contributed by atoms with Crippen LogP contribution in [0.4, 0.5) is 11.4 Å². The number of ether oxygens (including phenoxy) is 4. The molecule has 2 saturated heterocycles. The number of hydrogen-bond acceptors (Lipinski definition) is 11. The van der Waals surface area contributed by atoms with Crippen LogP contribution in [0.25, 0.3) is 0 Å². The molecule has 0 radical (unpaired) electrons. The first kappa shape index (κ1) is 30.9. The summed E-state index contributed by atoms with van der Waals surface area (Å²) in [7, 11) is 2.88. The molecule has 5 rings (SSSR count). The van der Waals surface area contributed by atoms with E-state index in [0.717, 1.165) is 0 Å². The average Bonchev–Trinajstić information content (AvgIpc) is 3.64. The van der Waals surface area contributed by atoms with Crippen LogP contribution in [0, 0.1) is 10.1 Å². The van der Waals surface area contributed by atoms with Crippen molar-refractivity contribution in [2.45, 2.75) is 50.3 Å². The summed E-state index contributed by atoms with van der Waals surface area (Å²) in [6.07, 6.45) is 2.95. The molecule has 44 heavy (non-hydrogen) atoms. The van der Waals surface area contributed by atoms with Gasteiger partial charge < -0.3 is 44.0 Å². The molecule has 14 heteroatoms. The second-order valence-electron chi connectivity index (χ2n) is 11.0. The highest BCUT2D eigenvalue weighted by molar-refractivity contribution is 6.02. The number of anilines is 1. The van der Waals surface area contributed by atoms with Gasteiger partial charge in [0.2, 0.25) is 0 Å². The number of nitrogens with zero attached hydrogens (tertiary/aromatic N) is 3. The SMILES string of the molecule is COc1cc2c(cc1OCCCCOc1cc([N+](=O)[O-])c(C(=O)N3CCC[C@H]3C=O)cc1OC)NC[C@@H]1C[C@@H](O)CN1C2=O. The fraction of sp³-hybridized carbons (Fsp3) is 0.500. The number of aliphatic hydroxyl groups is 1. The van der Waals surface area contributed by atoms with E-state index in [1.54, 1.807) is 17.0 Å². The van der Waals surface area contributed by atoms with Crippen LogP contribution in [0.15, 0.2) is 24.3 Å². The lowest BCUT2D eigenvalue weighted by Gasteiger charge is -2.21. The fourth-order valence-electron chi connectivity index (χ4n) is 5.93. The number of fused-ring (bicyclic) bond motifs is 2. The molecule has 3 atom stereocenters. The zero-order chi connectivity index (χ0) is 31.4. The van der Waals surface area contributed by atoms with Crippen LogP contribution >= 0.6 is 0 Å². The Bertz CT molecular complexity index is 1430. The van der Waals surface area contributed by atoms with Crippen LogP contribution in [0.2, 0.25) is 0 Å². The van der Waals surface area contributed by atoms with Gasteiger partial charge >= 0.3 is 0 Å². The number of rotatable bonds is 12. The van der Waals surface area contributed by atoms with Crippen LogP contribution in [0.3, 0.4) is 0 Å². The summed E-state index contributed by atoms with van der Waals surface area (Å²) in [6, 6.07) is 5.16. The standard InChI is InChI=1S/C30H36N4O10/c1-41-25-11-21-23(31-15-19-10-20(36)16-33(19)29(21)37)13-27(25)43-8-3-4-9-44-28-14-24(34(39)40)22(12-26(28)42-2)30(38)32-7-5-6-18(32)17-35/h11-14,17-20,31,36H,3-10,15-16H2,1-2H3/t18-,19-,20+/m0/s1. The van der Waals surface area contributed by atoms with Crippen LogP contribution in [0.1, 0.15) is 52.8 Å². The van der Waals surface area contributed by atoms with E-state index in [9.17, 15) is 29.6 Å². The number of hydrogen-bond donors (Lipinski definition) is 2. The number of nitrogens with one attached hydrogen (secondary N) is 1. The Labute approximate surface area is 253 Å². The number of likely N-dealkylation sites (tertiary alicyclic amines) is 1. The molecule has 0 aliphatic carbocycles. The largest absolute Gasteiger partial charge is 0.493 e. The molecule has 3 aliphatic heterocycles. The first-order valence-corrected chi connectivity index (χ1v) is 14.6. The van der Waals surface area contributed by atoms with Gasteiger partial charge in [0, 0.05) is 31.8 Å². The highest BCUT2D eigenvalue weighted by atomic mass is 16.6. The molecule has 0 saturated carbocycles. The van der Waals surface area contributed by atoms with Gasteiger partial charge in [0.1, 0.15) is 11.8 Å². The minimum Gasteiger partial charge on any atom is -0.493 e. The molecule has 0 bridgehead atoms. The number of methoxy groups -OCH3 is 2. The number of carbonyl (C=O) groups is 3. The van der Waals surface area contributed by atoms with Gasteiger partial charge in [-0.1, -0.05) is 0 Å². The van der Waals surface area contributed by atoms with Crippen molar-refractivity contribution >= 4 is 29.5 Å². The van der Waals surface area contributed by atoms with E-state index in [4.69, 9.17) is 18.9 Å². The smallest absolute Gasteiger partial charge is 0.286 e. The second kappa shape index (κ2) is 13.4. The molecule has 236 valence electrons. The van der Waals surface area contributed by atoms with E-state index in [1.165, 1.54) is 31.3 Å². The van der Waals surface area contributed by atoms with E-state index < -0.39 is 28.7 Å². The van der Waals surface area contributed by atoms with Gasteiger partial charge in [0.25, 0.3) is 17.5 Å². The Kier molecular flexibility index (Phi) is 9.37. The van der Waals surface area contributed by atoms with Gasteiger partial charge in [-0.25, -0.2) is 0 Å². The third-order valence-corrected chi connectivity index (χ3v) is 8.20. The van der Waals surface area contributed by atoms with E-state index in [1.807, 2.05) is 0 Å². The van der Waals surface area contributed by atoms with Crippen molar-refractivity contribution in [2.75, 3.05) is 52.4 Å². The van der Waals surface area contributed by atoms with E-state index >= 15 is 0 Å². The number of carbonyl (C=O) groups excluding carboxylic acids is 3. The van der Waals surface area contributed by atoms with Gasteiger partial charge in [-0.05, 0) is 38.2 Å². The van der Waals surface area contributed by atoms with E-state index in [0.29, 0.717) is 87.4 Å². The van der Waals surface area contributed by atoms with Crippen molar-refractivity contribution in [3.63, 3.8) is 0 Å². The summed E-state index contributed by atoms with van der Waals surface area (Å²) in [6.45, 7) is 1.68. The van der Waals surface area contributed by atoms with Gasteiger partial charge in [-0.2, -0.15) is 0 Å². The van der Waals surface area contributed by atoms with Gasteiger partial charge in [-0.15, -0.1) is 0 Å². The number of unbranched alkanes of at least 4 members (excludes halogenated alkanes) is 1. The number of benzene rings is 2. The molecule has 3 aliphatic rings. The third kappa shape index (κ3) is 6.20. The lowest BCUT2D eigenvalue weighted by molar-refractivity contribution is -0.385. The molecule has 2 fully saturated rings. The number of aliphatic hydroxyl groups excluding tert-OH is 1. The van der Waals surface area contributed by atoms with Gasteiger partial charge in [0.15, 0.2) is 23.0 Å². The lowest BCUT2D eigenvalue weighted by atomic mass is 10.1. The van der Waals surface area contributed by atoms with E-state index in [2.05, 4.69) is 5.32 Å². The first-order chi connectivity index (χ1) is 21.2. The molecule has 3 heterocycles. The zero-order valence-electron chi connectivity index (χ0n) is 24.7. The molecule has 0 spiro atoms. The summed E-state index contributed by atoms with van der Waals surface area (Å²) >= 11 is 0. The van der Waals surface area contributed by atoms with Crippen molar-refractivity contribution < 1.29 is 43.4 Å². The summed E-state index contributed by atoms with van der Waals surface area (Å²) in [5.41, 5.74) is 0.508. The summed E-state index contributed by atoms with van der Waals surface area (Å²) in [5, 5.41) is 25.1. The molecule has 2 amide bonds. The van der Waals surface area contributed by atoms with Crippen molar-refractivity contribution in [3.05, 3.63) is 45.5 Å². The number of amides is 2. The summed E-state index contributed by atoms with van der Waals surface area (Å²) in [5.74, 6) is 0.420. The quantitative estimate of drug-likeness (QED) is 0.156. The van der Waals surface area contributed by atoms with Crippen LogP contribution < -0.4 is 24.3 Å². The minimum atomic E-state index is -0.650. The zero-order valence-corrected chi connectivity index (χ0v) is 24.7. The molecule has 0 unspecified atom stereocenters. The average molecular weight is 613 g/mol. The molecule has 2 aromatic carbocycles. The summed E-state index contributed by atoms with van der Waals surface area (Å²) in [4.78, 5) is 51.8.